The smallest absolute Gasteiger partial charge is 0.311 e. The molecule has 2 unspecified atom stereocenters. The van der Waals surface area contributed by atoms with Gasteiger partial charge < -0.3 is 15.8 Å². The Labute approximate surface area is 192 Å². The second kappa shape index (κ2) is 10.4. The van der Waals surface area contributed by atoms with Crippen molar-refractivity contribution in [1.82, 2.24) is 5.32 Å². The molecule has 2 atom stereocenters. The summed E-state index contributed by atoms with van der Waals surface area (Å²) in [5.74, 6) is -1.41. The number of methoxy groups -OCH3 is 1. The number of nitrogens with zero attached hydrogens (tertiary/aromatic N) is 1. The molecular formula is C25H27N4O4+. The number of carbonyl (C=O) groups excluding carboxylic acids is 2. The Kier molecular flexibility index (Phi) is 7.40. The molecule has 0 aliphatic carbocycles. The van der Waals surface area contributed by atoms with Crippen molar-refractivity contribution >= 4 is 17.7 Å². The lowest BCUT2D eigenvalue weighted by atomic mass is 9.92. The van der Waals surface area contributed by atoms with Crippen molar-refractivity contribution in [3.63, 3.8) is 0 Å². The molecule has 8 heteroatoms. The van der Waals surface area contributed by atoms with Gasteiger partial charge in [-0.1, -0.05) is 30.3 Å². The van der Waals surface area contributed by atoms with Crippen LogP contribution in [-0.2, 0) is 16.0 Å². The molecule has 1 heterocycles. The maximum Gasteiger partial charge on any atom is 0.311 e. The van der Waals surface area contributed by atoms with Gasteiger partial charge in [0.05, 0.1) is 13.0 Å². The third-order valence-corrected chi connectivity index (χ3v) is 5.45. The minimum absolute atomic E-state index is 0.0534. The van der Waals surface area contributed by atoms with Crippen LogP contribution < -0.4 is 15.8 Å². The summed E-state index contributed by atoms with van der Waals surface area (Å²) >= 11 is 0. The SMILES string of the molecule is COC(=O)C(Cc1cccc(C(=N)N)c1)C(C)NC(=O)c1ccc(-c2cc[n+](O)cc2)cc1. The number of hydrogen-bond donors (Lipinski definition) is 4. The molecule has 5 N–H and O–H groups in total. The summed E-state index contributed by atoms with van der Waals surface area (Å²) in [4.78, 5) is 25.3. The zero-order valence-electron chi connectivity index (χ0n) is 18.5. The van der Waals surface area contributed by atoms with E-state index < -0.39 is 17.9 Å². The zero-order chi connectivity index (χ0) is 24.0. The van der Waals surface area contributed by atoms with E-state index in [1.165, 1.54) is 19.5 Å². The number of amidine groups is 1. The van der Waals surface area contributed by atoms with E-state index in [2.05, 4.69) is 5.32 Å². The first-order valence-electron chi connectivity index (χ1n) is 10.4. The van der Waals surface area contributed by atoms with Crippen LogP contribution >= 0.6 is 0 Å². The van der Waals surface area contributed by atoms with Gasteiger partial charge in [-0.15, -0.1) is 0 Å². The van der Waals surface area contributed by atoms with Crippen molar-refractivity contribution < 1.29 is 24.3 Å². The summed E-state index contributed by atoms with van der Waals surface area (Å²) in [6, 6.07) is 17.2. The number of carbonyl (C=O) groups is 2. The Morgan fingerprint density at radius 3 is 2.30 bits per heavy atom. The fourth-order valence-electron chi connectivity index (χ4n) is 3.55. The second-order valence-corrected chi connectivity index (χ2v) is 7.75. The molecule has 0 saturated carbocycles. The number of rotatable bonds is 8. The quantitative estimate of drug-likeness (QED) is 0.138. The standard InChI is InChI=1S/C25H26N4O4/c1-16(22(25(31)33-2)15-17-4-3-5-21(14-17)23(26)27)28-24(30)20-8-6-18(7-9-20)19-10-12-29(32)13-11-19/h3-14,16,22H,15H2,1-2H3,(H4-,26,27,28,30,32)/p+1. The fraction of sp³-hybridized carbons (Fsp3) is 0.200. The molecule has 0 aliphatic heterocycles. The van der Waals surface area contributed by atoms with Crippen molar-refractivity contribution in [1.29, 1.82) is 5.41 Å². The predicted molar refractivity (Wildman–Crippen MR) is 123 cm³/mol. The van der Waals surface area contributed by atoms with Crippen LogP contribution in [0.3, 0.4) is 0 Å². The minimum Gasteiger partial charge on any atom is -0.469 e. The molecule has 0 saturated heterocycles. The molecule has 0 bridgehead atoms. The Bertz CT molecular complexity index is 1140. The first-order valence-corrected chi connectivity index (χ1v) is 10.4. The summed E-state index contributed by atoms with van der Waals surface area (Å²) in [5.41, 5.74) is 9.21. The molecule has 0 fully saturated rings. The van der Waals surface area contributed by atoms with E-state index in [-0.39, 0.29) is 11.7 Å². The molecule has 0 aliphatic rings. The molecule has 170 valence electrons. The number of ether oxygens (including phenoxy) is 1. The summed E-state index contributed by atoms with van der Waals surface area (Å²) in [6.07, 6.45) is 3.38. The average molecular weight is 448 g/mol. The zero-order valence-corrected chi connectivity index (χ0v) is 18.5. The Morgan fingerprint density at radius 1 is 1.06 bits per heavy atom. The van der Waals surface area contributed by atoms with E-state index in [1.807, 2.05) is 18.2 Å². The number of nitrogens with one attached hydrogen (secondary N) is 2. The number of aromatic nitrogens is 1. The second-order valence-electron chi connectivity index (χ2n) is 7.75. The molecule has 0 spiro atoms. The lowest BCUT2D eigenvalue weighted by Gasteiger charge is -2.23. The van der Waals surface area contributed by atoms with Crippen LogP contribution in [0.1, 0.15) is 28.4 Å². The summed E-state index contributed by atoms with van der Waals surface area (Å²) < 4.78 is 5.93. The average Bonchev–Trinajstić information content (AvgIpc) is 2.82. The maximum atomic E-state index is 12.8. The predicted octanol–water partition coefficient (Wildman–Crippen LogP) is 2.31. The van der Waals surface area contributed by atoms with Gasteiger partial charge in [0, 0.05) is 34.0 Å². The topological polar surface area (TPSA) is 129 Å². The highest BCUT2D eigenvalue weighted by molar-refractivity contribution is 5.95. The van der Waals surface area contributed by atoms with E-state index >= 15 is 0 Å². The molecule has 0 radical (unpaired) electrons. The maximum absolute atomic E-state index is 12.8. The third kappa shape index (κ3) is 5.94. The van der Waals surface area contributed by atoms with E-state index in [4.69, 9.17) is 15.9 Å². The number of amides is 1. The van der Waals surface area contributed by atoms with E-state index in [1.54, 1.807) is 49.4 Å². The van der Waals surface area contributed by atoms with Gasteiger partial charge >= 0.3 is 5.97 Å². The van der Waals surface area contributed by atoms with Gasteiger partial charge in [0.1, 0.15) is 5.84 Å². The summed E-state index contributed by atoms with van der Waals surface area (Å²) in [7, 11) is 1.32. The Balaban J connectivity index is 1.72. The van der Waals surface area contributed by atoms with E-state index in [0.717, 1.165) is 21.4 Å². The fourth-order valence-corrected chi connectivity index (χ4v) is 3.55. The van der Waals surface area contributed by atoms with Gasteiger partial charge in [-0.2, -0.15) is 0 Å². The lowest BCUT2D eigenvalue weighted by Crippen LogP contribution is -2.42. The van der Waals surface area contributed by atoms with Crippen LogP contribution in [0.5, 0.6) is 0 Å². The van der Waals surface area contributed by atoms with Gasteiger partial charge in [0.15, 0.2) is 0 Å². The van der Waals surface area contributed by atoms with Crippen molar-refractivity contribution in [3.8, 4) is 11.1 Å². The first-order chi connectivity index (χ1) is 15.8. The highest BCUT2D eigenvalue weighted by atomic mass is 16.5. The van der Waals surface area contributed by atoms with Gasteiger partial charge in [-0.3, -0.25) is 20.2 Å². The number of nitrogens with two attached hydrogens (primary N) is 1. The molecule has 8 nitrogen and oxygen atoms in total. The van der Waals surface area contributed by atoms with Crippen LogP contribution in [0.2, 0.25) is 0 Å². The lowest BCUT2D eigenvalue weighted by molar-refractivity contribution is -0.904. The van der Waals surface area contributed by atoms with Gasteiger partial charge in [-0.25, -0.2) is 0 Å². The van der Waals surface area contributed by atoms with Crippen LogP contribution in [0.25, 0.3) is 11.1 Å². The number of pyridine rings is 1. The largest absolute Gasteiger partial charge is 0.469 e. The molecule has 2 aromatic carbocycles. The number of nitrogen functional groups attached to an aromatic ring is 1. The van der Waals surface area contributed by atoms with Crippen LogP contribution in [0, 0.1) is 11.3 Å². The van der Waals surface area contributed by atoms with Crippen LogP contribution in [0.15, 0.2) is 73.1 Å². The Hall–Kier alpha value is -4.20. The normalized spacial score (nSPS) is 12.4. The summed E-state index contributed by atoms with van der Waals surface area (Å²) in [6.45, 7) is 1.76. The molecule has 33 heavy (non-hydrogen) atoms. The van der Waals surface area contributed by atoms with Crippen molar-refractivity contribution in [3.05, 3.63) is 89.7 Å². The van der Waals surface area contributed by atoms with Crippen LogP contribution in [0.4, 0.5) is 0 Å². The van der Waals surface area contributed by atoms with Crippen molar-refractivity contribution in [2.24, 2.45) is 11.7 Å². The first kappa shape index (κ1) is 23.5. The molecule has 1 aromatic heterocycles. The summed E-state index contributed by atoms with van der Waals surface area (Å²) in [5, 5.41) is 19.8. The van der Waals surface area contributed by atoms with E-state index in [9.17, 15) is 14.8 Å². The van der Waals surface area contributed by atoms with E-state index in [0.29, 0.717) is 17.5 Å². The minimum atomic E-state index is -0.616. The molecular weight excluding hydrogens is 420 g/mol. The number of benzene rings is 2. The highest BCUT2D eigenvalue weighted by Crippen LogP contribution is 2.20. The molecule has 3 aromatic rings. The third-order valence-electron chi connectivity index (χ3n) is 5.45. The highest BCUT2D eigenvalue weighted by Gasteiger charge is 2.28. The van der Waals surface area contributed by atoms with Crippen molar-refractivity contribution in [2.45, 2.75) is 19.4 Å². The van der Waals surface area contributed by atoms with Crippen LogP contribution in [-0.4, -0.2) is 36.1 Å². The number of esters is 1. The van der Waals surface area contributed by atoms with Gasteiger partial charge in [0.2, 0.25) is 12.4 Å². The van der Waals surface area contributed by atoms with Crippen molar-refractivity contribution in [2.75, 3.05) is 7.11 Å². The molecule has 3 rings (SSSR count). The van der Waals surface area contributed by atoms with Gasteiger partial charge in [0.25, 0.3) is 5.91 Å². The monoisotopic (exact) mass is 447 g/mol. The molecule has 1 amide bonds. The number of hydrogen-bond acceptors (Lipinski definition) is 5. The Morgan fingerprint density at radius 2 is 1.70 bits per heavy atom. The van der Waals surface area contributed by atoms with Gasteiger partial charge in [-0.05, 0) is 48.2 Å².